The van der Waals surface area contributed by atoms with Crippen molar-refractivity contribution in [2.24, 2.45) is 0 Å². The second kappa shape index (κ2) is 10.3. The zero-order valence-corrected chi connectivity index (χ0v) is 19.5. The van der Waals surface area contributed by atoms with E-state index in [0.717, 1.165) is 41.5 Å². The Hall–Kier alpha value is -3.35. The first-order valence-electron chi connectivity index (χ1n) is 12.0. The van der Waals surface area contributed by atoms with Crippen molar-refractivity contribution in [3.05, 3.63) is 59.7 Å². The number of fused-ring (bicyclic) bond motifs is 3. The molecule has 180 valence electrons. The molecule has 0 heterocycles. The maximum Gasteiger partial charge on any atom is 0.407 e. The van der Waals surface area contributed by atoms with Crippen molar-refractivity contribution in [1.29, 1.82) is 0 Å². The minimum absolute atomic E-state index is 0.0288. The Bertz CT molecular complexity index is 1010. The SMILES string of the molecule is C[C@H](CC(=O)NC1(CC(=O)O)CCCCC1)NC(=O)OCC1c2ccccc2-c2ccccc21. The highest BCUT2D eigenvalue weighted by molar-refractivity contribution is 5.80. The number of carbonyl (C=O) groups is 3. The number of carboxylic acid groups (broad SMARTS) is 1. The molecule has 0 bridgehead atoms. The van der Waals surface area contributed by atoms with Crippen LogP contribution >= 0.6 is 0 Å². The van der Waals surface area contributed by atoms with Crippen molar-refractivity contribution in [1.82, 2.24) is 10.6 Å². The molecule has 1 atom stereocenters. The number of amides is 2. The average Bonchev–Trinajstić information content (AvgIpc) is 3.11. The molecule has 2 aromatic rings. The lowest BCUT2D eigenvalue weighted by Gasteiger charge is -2.37. The van der Waals surface area contributed by atoms with Crippen molar-refractivity contribution in [3.8, 4) is 11.1 Å². The minimum Gasteiger partial charge on any atom is -0.481 e. The number of hydrogen-bond donors (Lipinski definition) is 3. The number of carboxylic acids is 1. The Morgan fingerprint density at radius 1 is 1.00 bits per heavy atom. The summed E-state index contributed by atoms with van der Waals surface area (Å²) in [5, 5.41) is 15.0. The number of benzene rings is 2. The van der Waals surface area contributed by atoms with Crippen molar-refractivity contribution in [3.63, 3.8) is 0 Å². The summed E-state index contributed by atoms with van der Waals surface area (Å²) in [6.07, 6.45) is 3.61. The van der Waals surface area contributed by atoms with Crippen molar-refractivity contribution in [2.75, 3.05) is 6.61 Å². The molecule has 1 saturated carbocycles. The highest BCUT2D eigenvalue weighted by Crippen LogP contribution is 2.44. The van der Waals surface area contributed by atoms with Gasteiger partial charge in [-0.1, -0.05) is 67.8 Å². The lowest BCUT2D eigenvalue weighted by molar-refractivity contribution is -0.139. The number of ether oxygens (including phenoxy) is 1. The van der Waals surface area contributed by atoms with E-state index in [1.165, 1.54) is 0 Å². The molecule has 2 aliphatic carbocycles. The zero-order valence-electron chi connectivity index (χ0n) is 19.5. The molecule has 0 unspecified atom stereocenters. The fourth-order valence-corrected chi connectivity index (χ4v) is 5.38. The van der Waals surface area contributed by atoms with E-state index in [4.69, 9.17) is 4.74 Å². The molecule has 0 spiro atoms. The van der Waals surface area contributed by atoms with E-state index in [-0.39, 0.29) is 31.3 Å². The first kappa shape index (κ1) is 23.8. The van der Waals surface area contributed by atoms with Crippen LogP contribution < -0.4 is 10.6 Å². The van der Waals surface area contributed by atoms with Crippen LogP contribution in [0.3, 0.4) is 0 Å². The molecule has 2 aromatic carbocycles. The molecule has 1 fully saturated rings. The van der Waals surface area contributed by atoms with Gasteiger partial charge in [0, 0.05) is 18.4 Å². The van der Waals surface area contributed by atoms with Crippen LogP contribution in [-0.2, 0) is 14.3 Å². The summed E-state index contributed by atoms with van der Waals surface area (Å²) >= 11 is 0. The molecule has 7 nitrogen and oxygen atoms in total. The van der Waals surface area contributed by atoms with Crippen molar-refractivity contribution in [2.45, 2.75) is 69.4 Å². The fourth-order valence-electron chi connectivity index (χ4n) is 5.38. The van der Waals surface area contributed by atoms with Gasteiger partial charge < -0.3 is 20.5 Å². The fraction of sp³-hybridized carbons (Fsp3) is 0.444. The van der Waals surface area contributed by atoms with Crippen LogP contribution in [0.15, 0.2) is 48.5 Å². The summed E-state index contributed by atoms with van der Waals surface area (Å²) in [5.74, 6) is -1.19. The van der Waals surface area contributed by atoms with Gasteiger partial charge in [0.2, 0.25) is 5.91 Å². The number of nitrogens with one attached hydrogen (secondary N) is 2. The van der Waals surface area contributed by atoms with Crippen molar-refractivity contribution >= 4 is 18.0 Å². The standard InChI is InChI=1S/C27H32N2O5/c1-18(15-24(30)29-27(16-25(31)32)13-7-2-8-14-27)28-26(33)34-17-23-21-11-5-3-9-19(21)20-10-4-6-12-22(20)23/h3-6,9-12,18,23H,2,7-8,13-17H2,1H3,(H,28,33)(H,29,30)(H,31,32)/t18-/m1/s1. The van der Waals surface area contributed by atoms with Crippen LogP contribution in [0.4, 0.5) is 4.79 Å². The highest BCUT2D eigenvalue weighted by Gasteiger charge is 2.36. The topological polar surface area (TPSA) is 105 Å². The van der Waals surface area contributed by atoms with E-state index >= 15 is 0 Å². The second-order valence-electron chi connectivity index (χ2n) is 9.53. The van der Waals surface area contributed by atoms with Gasteiger partial charge in [-0.15, -0.1) is 0 Å². The van der Waals surface area contributed by atoms with Gasteiger partial charge in [-0.3, -0.25) is 9.59 Å². The van der Waals surface area contributed by atoms with E-state index in [0.29, 0.717) is 12.8 Å². The van der Waals surface area contributed by atoms with E-state index in [1.54, 1.807) is 6.92 Å². The number of carbonyl (C=O) groups excluding carboxylic acids is 2. The molecule has 4 rings (SSSR count). The molecule has 7 heteroatoms. The molecule has 0 aromatic heterocycles. The van der Waals surface area contributed by atoms with Gasteiger partial charge in [0.1, 0.15) is 6.61 Å². The van der Waals surface area contributed by atoms with Gasteiger partial charge in [0.25, 0.3) is 0 Å². The molecule has 0 saturated heterocycles. The highest BCUT2D eigenvalue weighted by atomic mass is 16.5. The summed E-state index contributed by atoms with van der Waals surface area (Å²) in [4.78, 5) is 36.4. The summed E-state index contributed by atoms with van der Waals surface area (Å²) in [5.41, 5.74) is 3.91. The summed E-state index contributed by atoms with van der Waals surface area (Å²) < 4.78 is 5.55. The van der Waals surface area contributed by atoms with Crippen LogP contribution in [0.5, 0.6) is 0 Å². The predicted molar refractivity (Wildman–Crippen MR) is 128 cm³/mol. The van der Waals surface area contributed by atoms with E-state index in [9.17, 15) is 19.5 Å². The van der Waals surface area contributed by atoms with Gasteiger partial charge in [-0.05, 0) is 42.0 Å². The van der Waals surface area contributed by atoms with Gasteiger partial charge in [-0.25, -0.2) is 4.79 Å². The van der Waals surface area contributed by atoms with Crippen LogP contribution in [0.2, 0.25) is 0 Å². The number of alkyl carbamates (subject to hydrolysis) is 1. The van der Waals surface area contributed by atoms with Crippen LogP contribution in [0.25, 0.3) is 11.1 Å². The first-order chi connectivity index (χ1) is 16.4. The third-order valence-electron chi connectivity index (χ3n) is 6.90. The molecule has 3 N–H and O–H groups in total. The molecular formula is C27H32N2O5. The quantitative estimate of drug-likeness (QED) is 0.530. The summed E-state index contributed by atoms with van der Waals surface area (Å²) in [6.45, 7) is 1.95. The lowest BCUT2D eigenvalue weighted by atomic mass is 9.79. The number of aliphatic carboxylic acids is 1. The Morgan fingerprint density at radius 3 is 2.18 bits per heavy atom. The van der Waals surface area contributed by atoms with Gasteiger partial charge >= 0.3 is 12.1 Å². The average molecular weight is 465 g/mol. The Kier molecular flexibility index (Phi) is 7.20. The van der Waals surface area contributed by atoms with E-state index in [2.05, 4.69) is 34.9 Å². The maximum atomic E-state index is 12.6. The molecule has 2 aliphatic rings. The molecule has 0 aliphatic heterocycles. The minimum atomic E-state index is -0.910. The van der Waals surface area contributed by atoms with Crippen LogP contribution in [0.1, 0.15) is 68.9 Å². The number of hydrogen-bond acceptors (Lipinski definition) is 4. The Balaban J connectivity index is 1.30. The second-order valence-corrected chi connectivity index (χ2v) is 9.53. The van der Waals surface area contributed by atoms with E-state index < -0.39 is 23.6 Å². The predicted octanol–water partition coefficient (Wildman–Crippen LogP) is 4.60. The molecule has 34 heavy (non-hydrogen) atoms. The first-order valence-corrected chi connectivity index (χ1v) is 12.0. The van der Waals surface area contributed by atoms with Crippen LogP contribution in [-0.4, -0.2) is 41.3 Å². The normalized spacial score (nSPS) is 17.2. The molecular weight excluding hydrogens is 432 g/mol. The summed E-state index contributed by atoms with van der Waals surface area (Å²) in [7, 11) is 0. The largest absolute Gasteiger partial charge is 0.481 e. The monoisotopic (exact) mass is 464 g/mol. The molecule has 0 radical (unpaired) electrons. The third-order valence-corrected chi connectivity index (χ3v) is 6.90. The molecule has 2 amide bonds. The Labute approximate surface area is 199 Å². The summed E-state index contributed by atoms with van der Waals surface area (Å²) in [6, 6.07) is 15.8. The van der Waals surface area contributed by atoms with Gasteiger partial charge in [0.05, 0.1) is 12.0 Å². The Morgan fingerprint density at radius 2 is 1.59 bits per heavy atom. The smallest absolute Gasteiger partial charge is 0.407 e. The lowest BCUT2D eigenvalue weighted by Crippen LogP contribution is -2.52. The van der Waals surface area contributed by atoms with Gasteiger partial charge in [0.15, 0.2) is 0 Å². The van der Waals surface area contributed by atoms with Crippen LogP contribution in [0, 0.1) is 0 Å². The third kappa shape index (κ3) is 5.41. The van der Waals surface area contributed by atoms with Crippen molar-refractivity contribution < 1.29 is 24.2 Å². The zero-order chi connectivity index (χ0) is 24.1. The van der Waals surface area contributed by atoms with E-state index in [1.807, 2.05) is 24.3 Å². The number of rotatable bonds is 8. The van der Waals surface area contributed by atoms with Gasteiger partial charge in [-0.2, -0.15) is 0 Å². The maximum absolute atomic E-state index is 12.6.